The van der Waals surface area contributed by atoms with Crippen LogP contribution in [-0.4, -0.2) is 33.9 Å². The lowest BCUT2D eigenvalue weighted by Gasteiger charge is -2.13. The molecule has 0 bridgehead atoms. The molecule has 1 heterocycles. The Bertz CT molecular complexity index is 1440. The van der Waals surface area contributed by atoms with Gasteiger partial charge in [0.1, 0.15) is 11.6 Å². The maximum absolute atomic E-state index is 13.5. The highest BCUT2D eigenvalue weighted by atomic mass is 19.4. The van der Waals surface area contributed by atoms with Crippen molar-refractivity contribution in [1.82, 2.24) is 15.0 Å². The van der Waals surface area contributed by atoms with Crippen LogP contribution in [0.25, 0.3) is 5.69 Å². The third kappa shape index (κ3) is 5.32. The fraction of sp³-hybridized carbons (Fsp3) is 0.0833. The quantitative estimate of drug-likeness (QED) is 0.367. The Balaban J connectivity index is 1.54. The van der Waals surface area contributed by atoms with Gasteiger partial charge in [-0.2, -0.15) is 13.2 Å². The Kier molecular flexibility index (Phi) is 6.68. The predicted octanol–water partition coefficient (Wildman–Crippen LogP) is 4.94. The normalized spacial score (nSPS) is 11.1. The van der Waals surface area contributed by atoms with E-state index in [1.165, 1.54) is 61.7 Å². The first-order chi connectivity index (χ1) is 17.2. The van der Waals surface area contributed by atoms with Crippen molar-refractivity contribution in [2.24, 2.45) is 0 Å². The van der Waals surface area contributed by atoms with Crippen LogP contribution in [0.2, 0.25) is 0 Å². The van der Waals surface area contributed by atoms with E-state index in [9.17, 15) is 27.2 Å². The number of nitrogens with zero attached hydrogens (tertiary/aromatic N) is 3. The van der Waals surface area contributed by atoms with E-state index in [1.807, 2.05) is 0 Å². The highest BCUT2D eigenvalue weighted by Gasteiger charge is 2.34. The third-order valence-electron chi connectivity index (χ3n) is 4.97. The van der Waals surface area contributed by atoms with E-state index >= 15 is 0 Å². The first-order valence-electron chi connectivity index (χ1n) is 10.3. The van der Waals surface area contributed by atoms with Crippen LogP contribution in [0.3, 0.4) is 0 Å². The minimum absolute atomic E-state index is 0.0715. The molecule has 0 fully saturated rings. The molecule has 0 radical (unpaired) electrons. The highest BCUT2D eigenvalue weighted by molar-refractivity contribution is 6.06. The largest absolute Gasteiger partial charge is 0.495 e. The van der Waals surface area contributed by atoms with E-state index in [4.69, 9.17) is 4.74 Å². The second-order valence-electron chi connectivity index (χ2n) is 7.40. The number of halogens is 4. The Labute approximate surface area is 201 Å². The number of anilines is 2. The Hall–Kier alpha value is -4.74. The van der Waals surface area contributed by atoms with Gasteiger partial charge < -0.3 is 15.4 Å². The molecule has 0 saturated heterocycles. The molecule has 2 N–H and O–H groups in total. The summed E-state index contributed by atoms with van der Waals surface area (Å²) < 4.78 is 59.4. The number of alkyl halides is 3. The van der Waals surface area contributed by atoms with Gasteiger partial charge in [-0.25, -0.2) is 9.07 Å². The molecular weight excluding hydrogens is 482 g/mol. The summed E-state index contributed by atoms with van der Waals surface area (Å²) in [5.74, 6) is -1.67. The van der Waals surface area contributed by atoms with Crippen LogP contribution >= 0.6 is 0 Å². The van der Waals surface area contributed by atoms with E-state index in [1.54, 1.807) is 0 Å². The molecule has 4 rings (SSSR count). The van der Waals surface area contributed by atoms with Gasteiger partial charge in [-0.1, -0.05) is 23.4 Å². The highest BCUT2D eigenvalue weighted by Crippen LogP contribution is 2.33. The van der Waals surface area contributed by atoms with Crippen molar-refractivity contribution >= 4 is 23.2 Å². The van der Waals surface area contributed by atoms with Crippen molar-refractivity contribution in [3.63, 3.8) is 0 Å². The maximum atomic E-state index is 13.5. The van der Waals surface area contributed by atoms with Gasteiger partial charge in [-0.3, -0.25) is 9.59 Å². The zero-order valence-electron chi connectivity index (χ0n) is 18.5. The zero-order chi connectivity index (χ0) is 25.9. The minimum atomic E-state index is -4.62. The number of para-hydroxylation sites is 1. The van der Waals surface area contributed by atoms with Gasteiger partial charge in [0.25, 0.3) is 11.8 Å². The van der Waals surface area contributed by atoms with Gasteiger partial charge in [-0.05, 0) is 48.5 Å². The van der Waals surface area contributed by atoms with E-state index in [2.05, 4.69) is 20.9 Å². The smallest absolute Gasteiger partial charge is 0.418 e. The first-order valence-corrected chi connectivity index (χ1v) is 10.3. The molecule has 3 aromatic carbocycles. The number of rotatable bonds is 6. The van der Waals surface area contributed by atoms with Crippen molar-refractivity contribution in [1.29, 1.82) is 0 Å². The maximum Gasteiger partial charge on any atom is 0.418 e. The predicted molar refractivity (Wildman–Crippen MR) is 122 cm³/mol. The summed E-state index contributed by atoms with van der Waals surface area (Å²) >= 11 is 0. The molecule has 2 amide bonds. The average Bonchev–Trinajstić information content (AvgIpc) is 3.34. The molecular formula is C24H17F4N5O3. The lowest BCUT2D eigenvalue weighted by Crippen LogP contribution is -2.15. The van der Waals surface area contributed by atoms with Crippen LogP contribution in [0.1, 0.15) is 26.4 Å². The van der Waals surface area contributed by atoms with Gasteiger partial charge in [0, 0.05) is 11.3 Å². The summed E-state index contributed by atoms with van der Waals surface area (Å²) in [6.45, 7) is 0. The van der Waals surface area contributed by atoms with Crippen LogP contribution in [0.5, 0.6) is 5.75 Å². The van der Waals surface area contributed by atoms with Crippen molar-refractivity contribution < 1.29 is 31.9 Å². The number of aromatic nitrogens is 3. The van der Waals surface area contributed by atoms with Gasteiger partial charge >= 0.3 is 6.18 Å². The van der Waals surface area contributed by atoms with Crippen LogP contribution < -0.4 is 15.4 Å². The van der Waals surface area contributed by atoms with E-state index in [0.717, 1.165) is 23.0 Å². The number of carbonyl (C=O) groups is 2. The van der Waals surface area contributed by atoms with Gasteiger partial charge in [0.05, 0.1) is 30.2 Å². The van der Waals surface area contributed by atoms with Crippen LogP contribution in [-0.2, 0) is 6.18 Å². The van der Waals surface area contributed by atoms with E-state index in [0.29, 0.717) is 0 Å². The average molecular weight is 499 g/mol. The molecule has 0 atom stereocenters. The van der Waals surface area contributed by atoms with Gasteiger partial charge in [-0.15, -0.1) is 5.10 Å². The SMILES string of the molecule is COc1ccc(NC(=O)c2cn(-c3ccccc3C(F)(F)F)nn2)cc1NC(=O)c1cccc(F)c1. The Morgan fingerprint density at radius 3 is 2.44 bits per heavy atom. The number of hydrogen-bond acceptors (Lipinski definition) is 5. The molecule has 8 nitrogen and oxygen atoms in total. The molecule has 4 aromatic rings. The van der Waals surface area contributed by atoms with Crippen LogP contribution in [0.4, 0.5) is 28.9 Å². The summed E-state index contributed by atoms with van der Waals surface area (Å²) in [4.78, 5) is 25.2. The molecule has 0 spiro atoms. The standard InChI is InChI=1S/C24H17F4N5O3/c1-36-21-10-9-16(12-18(21)30-22(34)14-5-4-6-15(25)11-14)29-23(35)19-13-33(32-31-19)20-8-3-2-7-17(20)24(26,27)28/h2-13H,1H3,(H,29,35)(H,30,34). The van der Waals surface area contributed by atoms with Crippen molar-refractivity contribution in [2.45, 2.75) is 6.18 Å². The fourth-order valence-corrected chi connectivity index (χ4v) is 3.30. The number of methoxy groups -OCH3 is 1. The topological polar surface area (TPSA) is 98.1 Å². The van der Waals surface area contributed by atoms with Crippen LogP contribution in [0, 0.1) is 5.82 Å². The number of ether oxygens (including phenoxy) is 1. The van der Waals surface area contributed by atoms with Crippen molar-refractivity contribution in [3.05, 3.63) is 95.6 Å². The molecule has 0 saturated carbocycles. The molecule has 0 unspecified atom stereocenters. The number of hydrogen-bond donors (Lipinski definition) is 2. The second-order valence-corrected chi connectivity index (χ2v) is 7.40. The summed E-state index contributed by atoms with van der Waals surface area (Å²) in [7, 11) is 1.38. The summed E-state index contributed by atoms with van der Waals surface area (Å²) in [6, 6.07) is 14.2. The molecule has 36 heavy (non-hydrogen) atoms. The molecule has 0 aliphatic carbocycles. The number of amides is 2. The summed E-state index contributed by atoms with van der Waals surface area (Å²) in [5.41, 5.74) is -0.984. The Morgan fingerprint density at radius 2 is 1.72 bits per heavy atom. The number of carbonyl (C=O) groups excluding carboxylic acids is 2. The van der Waals surface area contributed by atoms with Crippen molar-refractivity contribution in [2.75, 3.05) is 17.7 Å². The number of benzene rings is 3. The molecule has 0 aliphatic heterocycles. The molecule has 0 aliphatic rings. The fourth-order valence-electron chi connectivity index (χ4n) is 3.30. The van der Waals surface area contributed by atoms with E-state index in [-0.39, 0.29) is 34.1 Å². The molecule has 1 aromatic heterocycles. The van der Waals surface area contributed by atoms with Crippen molar-refractivity contribution in [3.8, 4) is 11.4 Å². The number of nitrogens with one attached hydrogen (secondary N) is 2. The van der Waals surface area contributed by atoms with Gasteiger partial charge in [0.15, 0.2) is 5.69 Å². The van der Waals surface area contributed by atoms with Gasteiger partial charge in [0.2, 0.25) is 0 Å². The summed E-state index contributed by atoms with van der Waals surface area (Å²) in [5, 5.41) is 12.4. The minimum Gasteiger partial charge on any atom is -0.495 e. The van der Waals surface area contributed by atoms with Crippen LogP contribution in [0.15, 0.2) is 72.9 Å². The second kappa shape index (κ2) is 9.86. The first kappa shape index (κ1) is 24.4. The van der Waals surface area contributed by atoms with E-state index < -0.39 is 29.4 Å². The Morgan fingerprint density at radius 1 is 0.944 bits per heavy atom. The molecule has 184 valence electrons. The lowest BCUT2D eigenvalue weighted by atomic mass is 10.1. The molecule has 12 heteroatoms. The zero-order valence-corrected chi connectivity index (χ0v) is 18.5. The third-order valence-corrected chi connectivity index (χ3v) is 4.97. The lowest BCUT2D eigenvalue weighted by molar-refractivity contribution is -0.137. The monoisotopic (exact) mass is 499 g/mol. The summed E-state index contributed by atoms with van der Waals surface area (Å²) in [6.07, 6.45) is -3.56.